The third-order valence-corrected chi connectivity index (χ3v) is 3.27. The molecule has 3 N–H and O–H groups in total. The molecule has 6 nitrogen and oxygen atoms in total. The van der Waals surface area contributed by atoms with Crippen molar-refractivity contribution in [1.29, 1.82) is 0 Å². The molecule has 0 bridgehead atoms. The monoisotopic (exact) mass is 324 g/mol. The van der Waals surface area contributed by atoms with E-state index in [0.717, 1.165) is 5.56 Å². The number of aliphatic hydroxyl groups excluding tert-OH is 1. The Labute approximate surface area is 134 Å². The maximum Gasteiger partial charge on any atom is 0.327 e. The number of amides is 1. The number of nitrogens with one attached hydrogen (secondary N) is 1. The van der Waals surface area contributed by atoms with Crippen LogP contribution in [0.5, 0.6) is 0 Å². The zero-order valence-corrected chi connectivity index (χ0v) is 13.4. The Morgan fingerprint density at radius 2 is 1.95 bits per heavy atom. The summed E-state index contributed by atoms with van der Waals surface area (Å²) in [6, 6.07) is 5.53. The minimum Gasteiger partial charge on any atom is -0.480 e. The van der Waals surface area contributed by atoms with E-state index in [4.69, 9.17) is 10.2 Å². The van der Waals surface area contributed by atoms with E-state index in [1.54, 1.807) is 44.3 Å². The van der Waals surface area contributed by atoms with Gasteiger partial charge in [-0.3, -0.25) is 9.79 Å². The molecule has 7 heteroatoms. The fourth-order valence-electron chi connectivity index (χ4n) is 1.44. The summed E-state index contributed by atoms with van der Waals surface area (Å²) in [6.45, 7) is 3.54. The highest BCUT2D eigenvalue weighted by Crippen LogP contribution is 2.08. The van der Waals surface area contributed by atoms with Crippen LogP contribution in [0.3, 0.4) is 0 Å². The van der Waals surface area contributed by atoms with Gasteiger partial charge < -0.3 is 15.5 Å². The van der Waals surface area contributed by atoms with Gasteiger partial charge in [0.2, 0.25) is 0 Å². The maximum atomic E-state index is 11.9. The van der Waals surface area contributed by atoms with Crippen molar-refractivity contribution in [2.75, 3.05) is 12.4 Å². The Morgan fingerprint density at radius 1 is 1.36 bits per heavy atom. The van der Waals surface area contributed by atoms with Crippen molar-refractivity contribution in [1.82, 2.24) is 5.32 Å². The van der Waals surface area contributed by atoms with Crippen molar-refractivity contribution in [3.8, 4) is 0 Å². The molecule has 0 heterocycles. The van der Waals surface area contributed by atoms with Crippen LogP contribution in [0, 0.1) is 0 Å². The Balaban J connectivity index is 2.76. The molecule has 0 saturated heterocycles. The highest BCUT2D eigenvalue weighted by molar-refractivity contribution is 7.80. The van der Waals surface area contributed by atoms with Crippen molar-refractivity contribution in [2.45, 2.75) is 25.4 Å². The molecule has 0 fully saturated rings. The molecule has 1 rings (SSSR count). The summed E-state index contributed by atoms with van der Waals surface area (Å²) in [5.41, 5.74) is 0.575. The molecule has 0 saturated carbocycles. The largest absolute Gasteiger partial charge is 0.480 e. The quantitative estimate of drug-likeness (QED) is 0.444. The number of nitrogens with zero attached hydrogens (tertiary/aromatic N) is 1. The van der Waals surface area contributed by atoms with Gasteiger partial charge in [-0.2, -0.15) is 12.6 Å². The maximum absolute atomic E-state index is 11.9. The topological polar surface area (TPSA) is 99.0 Å². The molecular weight excluding hydrogens is 304 g/mol. The number of rotatable bonds is 7. The first-order chi connectivity index (χ1) is 10.3. The number of carboxylic acids is 1. The lowest BCUT2D eigenvalue weighted by Gasteiger charge is -2.15. The van der Waals surface area contributed by atoms with E-state index in [-0.39, 0.29) is 12.4 Å². The lowest BCUT2D eigenvalue weighted by atomic mass is 10.1. The summed E-state index contributed by atoms with van der Waals surface area (Å²) in [4.78, 5) is 27.0. The Hall–Kier alpha value is -1.86. The van der Waals surface area contributed by atoms with Crippen molar-refractivity contribution >= 4 is 30.7 Å². The predicted octanol–water partition coefficient (Wildman–Crippen LogP) is 0.989. The van der Waals surface area contributed by atoms with Crippen molar-refractivity contribution in [3.63, 3.8) is 0 Å². The number of carboxylic acid groups (broad SMARTS) is 1. The van der Waals surface area contributed by atoms with E-state index < -0.39 is 23.5 Å². The summed E-state index contributed by atoms with van der Waals surface area (Å²) in [5.74, 6) is -1.58. The SMILES string of the molecule is CC(C)(CO)N=Cc1ccc(C(=O)N[C@H](CS)C(=O)O)cc1. The summed E-state index contributed by atoms with van der Waals surface area (Å²) < 4.78 is 0. The van der Waals surface area contributed by atoms with E-state index >= 15 is 0 Å². The molecule has 0 spiro atoms. The van der Waals surface area contributed by atoms with Gasteiger partial charge in [-0.05, 0) is 31.5 Å². The molecule has 0 aliphatic rings. The highest BCUT2D eigenvalue weighted by Gasteiger charge is 2.18. The smallest absolute Gasteiger partial charge is 0.327 e. The van der Waals surface area contributed by atoms with Crippen molar-refractivity contribution < 1.29 is 19.8 Å². The molecule has 1 aromatic carbocycles. The fraction of sp³-hybridized carbons (Fsp3) is 0.400. The minimum absolute atomic E-state index is 0.0159. The Bertz CT molecular complexity index is 555. The number of carbonyl (C=O) groups excluding carboxylic acids is 1. The number of aliphatic carboxylic acids is 1. The first kappa shape index (κ1) is 18.2. The summed E-state index contributed by atoms with van der Waals surface area (Å²) in [7, 11) is 0. The Morgan fingerprint density at radius 3 is 2.41 bits per heavy atom. The van der Waals surface area contributed by atoms with Gasteiger partial charge >= 0.3 is 5.97 Å². The zero-order valence-electron chi connectivity index (χ0n) is 12.5. The van der Waals surface area contributed by atoms with Gasteiger partial charge in [-0.15, -0.1) is 0 Å². The molecule has 0 aromatic heterocycles. The molecule has 0 unspecified atom stereocenters. The van der Waals surface area contributed by atoms with Crippen LogP contribution in [0.4, 0.5) is 0 Å². The number of aliphatic hydroxyl groups is 1. The predicted molar refractivity (Wildman–Crippen MR) is 87.9 cm³/mol. The number of aliphatic imine (C=N–C) groups is 1. The normalized spacial score (nSPS) is 13.1. The molecule has 0 radical (unpaired) electrons. The summed E-state index contributed by atoms with van der Waals surface area (Å²) >= 11 is 3.89. The number of thiol groups is 1. The van der Waals surface area contributed by atoms with Gasteiger partial charge in [-0.25, -0.2) is 4.79 Å². The second kappa shape index (κ2) is 7.95. The van der Waals surface area contributed by atoms with Gasteiger partial charge in [0.15, 0.2) is 0 Å². The molecule has 0 aliphatic heterocycles. The number of carbonyl (C=O) groups is 2. The van der Waals surface area contributed by atoms with Crippen molar-refractivity contribution in [2.24, 2.45) is 4.99 Å². The average molecular weight is 324 g/mol. The molecule has 1 atom stereocenters. The first-order valence-corrected chi connectivity index (χ1v) is 7.33. The van der Waals surface area contributed by atoms with Crippen LogP contribution in [0.1, 0.15) is 29.8 Å². The molecule has 22 heavy (non-hydrogen) atoms. The summed E-state index contributed by atoms with van der Waals surface area (Å²) in [5, 5.41) is 20.4. The van der Waals surface area contributed by atoms with E-state index in [1.807, 2.05) is 0 Å². The Kier molecular flexibility index (Phi) is 6.58. The van der Waals surface area contributed by atoms with Crippen LogP contribution in [-0.4, -0.2) is 52.2 Å². The standard InChI is InChI=1S/C15H20N2O4S/c1-15(2,9-18)16-7-10-3-5-11(6-4-10)13(19)17-12(8-22)14(20)21/h3-7,12,18,22H,8-9H2,1-2H3,(H,17,19)(H,20,21)/t12-/m1/s1. The van der Waals surface area contributed by atoms with E-state index in [1.165, 1.54) is 0 Å². The van der Waals surface area contributed by atoms with Gasteiger partial charge in [0.25, 0.3) is 5.91 Å². The van der Waals surface area contributed by atoms with Crippen LogP contribution >= 0.6 is 12.6 Å². The average Bonchev–Trinajstić information content (AvgIpc) is 2.50. The second-order valence-electron chi connectivity index (χ2n) is 5.40. The van der Waals surface area contributed by atoms with Crippen LogP contribution in [0.15, 0.2) is 29.3 Å². The van der Waals surface area contributed by atoms with Crippen LogP contribution in [0.25, 0.3) is 0 Å². The lowest BCUT2D eigenvalue weighted by molar-refractivity contribution is -0.138. The zero-order chi connectivity index (χ0) is 16.8. The third-order valence-electron chi connectivity index (χ3n) is 2.91. The number of hydrogen-bond donors (Lipinski definition) is 4. The lowest BCUT2D eigenvalue weighted by Crippen LogP contribution is -2.42. The second-order valence-corrected chi connectivity index (χ2v) is 5.76. The number of hydrogen-bond acceptors (Lipinski definition) is 5. The van der Waals surface area contributed by atoms with E-state index in [0.29, 0.717) is 5.56 Å². The van der Waals surface area contributed by atoms with E-state index in [2.05, 4.69) is 22.9 Å². The molecule has 120 valence electrons. The van der Waals surface area contributed by atoms with Crippen molar-refractivity contribution in [3.05, 3.63) is 35.4 Å². The van der Waals surface area contributed by atoms with Gasteiger partial charge in [0, 0.05) is 17.5 Å². The van der Waals surface area contributed by atoms with Crippen LogP contribution < -0.4 is 5.32 Å². The van der Waals surface area contributed by atoms with Crippen LogP contribution in [0.2, 0.25) is 0 Å². The van der Waals surface area contributed by atoms with Gasteiger partial charge in [0.05, 0.1) is 12.1 Å². The summed E-state index contributed by atoms with van der Waals surface area (Å²) in [6.07, 6.45) is 1.62. The molecule has 1 aromatic rings. The molecule has 0 aliphatic carbocycles. The van der Waals surface area contributed by atoms with Crippen LogP contribution in [-0.2, 0) is 4.79 Å². The fourth-order valence-corrected chi connectivity index (χ4v) is 1.69. The molecular formula is C15H20N2O4S. The van der Waals surface area contributed by atoms with E-state index in [9.17, 15) is 9.59 Å². The molecule has 1 amide bonds. The first-order valence-electron chi connectivity index (χ1n) is 6.70. The third kappa shape index (κ3) is 5.50. The minimum atomic E-state index is -1.13. The number of benzene rings is 1. The highest BCUT2D eigenvalue weighted by atomic mass is 32.1. The van der Waals surface area contributed by atoms with Gasteiger partial charge in [-0.1, -0.05) is 12.1 Å². The van der Waals surface area contributed by atoms with Gasteiger partial charge in [0.1, 0.15) is 6.04 Å².